The normalized spacial score (nSPS) is 13.5. The van der Waals surface area contributed by atoms with Gasteiger partial charge in [0.05, 0.1) is 11.1 Å². The van der Waals surface area contributed by atoms with E-state index < -0.39 is 23.9 Å². The fourth-order valence-corrected chi connectivity index (χ4v) is 5.10. The molecule has 8 heteroatoms. The Kier molecular flexibility index (Phi) is 7.41. The van der Waals surface area contributed by atoms with Crippen LogP contribution in [-0.4, -0.2) is 23.9 Å². The molecule has 44 heavy (non-hydrogen) atoms. The minimum absolute atomic E-state index is 0.153. The number of hydrogen-bond donors (Lipinski definition) is 0. The van der Waals surface area contributed by atoms with Crippen LogP contribution in [0.4, 0.5) is 9.59 Å². The molecule has 0 heterocycles. The van der Waals surface area contributed by atoms with Gasteiger partial charge >= 0.3 is 12.3 Å². The van der Waals surface area contributed by atoms with E-state index in [-0.39, 0.29) is 56.4 Å². The molecule has 0 atom stereocenters. The topological polar surface area (TPSA) is 105 Å². The third-order valence-electron chi connectivity index (χ3n) is 7.37. The molecule has 4 aromatic carbocycles. The van der Waals surface area contributed by atoms with Gasteiger partial charge in [-0.25, -0.2) is 9.59 Å². The molecule has 4 aromatic rings. The summed E-state index contributed by atoms with van der Waals surface area (Å²) < 4.78 is 22.2. The Morgan fingerprint density at radius 3 is 1.50 bits per heavy atom. The first-order chi connectivity index (χ1) is 21.2. The van der Waals surface area contributed by atoms with E-state index >= 15 is 0 Å². The smallest absolute Gasteiger partial charge is 0.395 e. The number of benzene rings is 4. The van der Waals surface area contributed by atoms with Gasteiger partial charge in [0.1, 0.15) is 11.5 Å². The number of hydrogen-bond acceptors (Lipinski definition) is 8. The van der Waals surface area contributed by atoms with Gasteiger partial charge in [-0.2, -0.15) is 0 Å². The summed E-state index contributed by atoms with van der Waals surface area (Å²) in [6.07, 6.45) is -1.59. The molecule has 0 bridgehead atoms. The molecular weight excluding hydrogens is 560 g/mol. The highest BCUT2D eigenvalue weighted by Crippen LogP contribution is 2.45. The molecule has 0 saturated heterocycles. The number of carbonyl (C=O) groups excluding carboxylic acids is 4. The minimum atomic E-state index is -1.11. The maximum Gasteiger partial charge on any atom is 0.519 e. The summed E-state index contributed by atoms with van der Waals surface area (Å²) in [5.74, 6) is -1.03. The number of fused-ring (bicyclic) bond motifs is 3. The molecule has 0 saturated carbocycles. The molecule has 0 spiro atoms. The first-order valence-corrected chi connectivity index (χ1v) is 14.0. The van der Waals surface area contributed by atoms with Gasteiger partial charge < -0.3 is 18.9 Å². The van der Waals surface area contributed by atoms with Crippen LogP contribution in [0.25, 0.3) is 11.5 Å². The van der Waals surface area contributed by atoms with Crippen LogP contribution >= 0.6 is 0 Å². The second-order valence-corrected chi connectivity index (χ2v) is 10.4. The summed E-state index contributed by atoms with van der Waals surface area (Å²) in [7, 11) is 0. The van der Waals surface area contributed by atoms with Crippen molar-refractivity contribution in [2.75, 3.05) is 0 Å². The lowest BCUT2D eigenvalue weighted by molar-refractivity contribution is 0.0979. The Bertz CT molecular complexity index is 1910. The van der Waals surface area contributed by atoms with E-state index in [4.69, 9.17) is 18.9 Å². The number of carbonyl (C=O) groups is 4. The van der Waals surface area contributed by atoms with Crippen molar-refractivity contribution < 1.29 is 38.1 Å². The first kappa shape index (κ1) is 28.4. The zero-order valence-corrected chi connectivity index (χ0v) is 24.1. The zero-order chi connectivity index (χ0) is 31.0. The highest BCUT2D eigenvalue weighted by Gasteiger charge is 2.43. The Balaban J connectivity index is 1.50. The standard InChI is InChI=1S/C36H26O8/c1-4-22-13-18-26-28(19-22)34(44-36(40)42-24-16-11-21(3)12-17-24)30-29(32(26)38)33(27-8-6-5-7-25(27)31(30)37)43-35(39)41-23-14-9-20(2)10-15-23/h5-19H,4H2,1-3H3. The Morgan fingerprint density at radius 1 is 0.545 bits per heavy atom. The van der Waals surface area contributed by atoms with Crippen LogP contribution in [0.2, 0.25) is 0 Å². The van der Waals surface area contributed by atoms with Crippen LogP contribution in [0.15, 0.2) is 102 Å². The van der Waals surface area contributed by atoms with E-state index in [1.165, 1.54) is 0 Å². The fourth-order valence-electron chi connectivity index (χ4n) is 5.10. The maximum absolute atomic E-state index is 14.1. The molecule has 0 aliphatic heterocycles. The van der Waals surface area contributed by atoms with Gasteiger partial charge in [-0.3, -0.25) is 9.59 Å². The number of allylic oxidation sites excluding steroid dienone is 2. The third kappa shape index (κ3) is 5.29. The molecule has 0 radical (unpaired) electrons. The zero-order valence-electron chi connectivity index (χ0n) is 24.1. The molecule has 0 aromatic heterocycles. The average molecular weight is 587 g/mol. The van der Waals surface area contributed by atoms with Crippen molar-refractivity contribution in [2.24, 2.45) is 0 Å². The van der Waals surface area contributed by atoms with Crippen LogP contribution in [0, 0.1) is 13.8 Å². The van der Waals surface area contributed by atoms with Crippen molar-refractivity contribution in [3.05, 3.63) is 141 Å². The van der Waals surface area contributed by atoms with Crippen LogP contribution in [-0.2, 0) is 15.9 Å². The average Bonchev–Trinajstić information content (AvgIpc) is 3.02. The van der Waals surface area contributed by atoms with E-state index in [1.807, 2.05) is 20.8 Å². The van der Waals surface area contributed by atoms with Gasteiger partial charge in [0.25, 0.3) is 0 Å². The van der Waals surface area contributed by atoms with E-state index in [2.05, 4.69) is 0 Å². The molecular formula is C36H26O8. The van der Waals surface area contributed by atoms with Gasteiger partial charge in [-0.1, -0.05) is 78.7 Å². The largest absolute Gasteiger partial charge is 0.519 e. The number of aryl methyl sites for hydroxylation is 3. The monoisotopic (exact) mass is 586 g/mol. The highest BCUT2D eigenvalue weighted by molar-refractivity contribution is 6.34. The van der Waals surface area contributed by atoms with E-state index in [0.717, 1.165) is 16.7 Å². The highest BCUT2D eigenvalue weighted by atomic mass is 16.7. The fraction of sp³-hybridized carbons (Fsp3) is 0.111. The SMILES string of the molecule is CCc1ccc2c(c1)C(OC(=O)Oc1ccc(C)cc1)=C1C(=O)c3ccccc3C(OC(=O)Oc3ccc(C)cc3)=C1C2=O. The van der Waals surface area contributed by atoms with Gasteiger partial charge in [0.2, 0.25) is 0 Å². The molecule has 6 rings (SSSR count). The summed E-state index contributed by atoms with van der Waals surface area (Å²) in [6.45, 7) is 5.72. The molecule has 0 fully saturated rings. The van der Waals surface area contributed by atoms with Crippen LogP contribution in [0.1, 0.15) is 55.5 Å². The molecule has 0 N–H and O–H groups in total. The predicted molar refractivity (Wildman–Crippen MR) is 161 cm³/mol. The number of ether oxygens (including phenoxy) is 4. The molecule has 218 valence electrons. The first-order valence-electron chi connectivity index (χ1n) is 14.0. The van der Waals surface area contributed by atoms with Crippen molar-refractivity contribution in [2.45, 2.75) is 27.2 Å². The van der Waals surface area contributed by atoms with Crippen LogP contribution in [0.3, 0.4) is 0 Å². The molecule has 2 aliphatic carbocycles. The summed E-state index contributed by atoms with van der Waals surface area (Å²) >= 11 is 0. The Hall–Kier alpha value is -5.76. The second kappa shape index (κ2) is 11.5. The van der Waals surface area contributed by atoms with E-state index in [9.17, 15) is 19.2 Å². The summed E-state index contributed by atoms with van der Waals surface area (Å²) in [5.41, 5.74) is 3.15. The van der Waals surface area contributed by atoms with Crippen molar-refractivity contribution >= 4 is 35.4 Å². The summed E-state index contributed by atoms with van der Waals surface area (Å²) in [6, 6.07) is 25.0. The van der Waals surface area contributed by atoms with Gasteiger partial charge in [0, 0.05) is 22.3 Å². The predicted octanol–water partition coefficient (Wildman–Crippen LogP) is 7.81. The Morgan fingerprint density at radius 2 is 1.00 bits per heavy atom. The van der Waals surface area contributed by atoms with Gasteiger partial charge in [-0.15, -0.1) is 0 Å². The van der Waals surface area contributed by atoms with Crippen molar-refractivity contribution in [1.82, 2.24) is 0 Å². The molecule has 0 unspecified atom stereocenters. The summed E-state index contributed by atoms with van der Waals surface area (Å²) in [5, 5.41) is 0. The Labute approximate surface area is 253 Å². The van der Waals surface area contributed by atoms with Gasteiger partial charge in [-0.05, 0) is 56.2 Å². The van der Waals surface area contributed by atoms with E-state index in [1.54, 1.807) is 91.0 Å². The number of rotatable bonds is 5. The summed E-state index contributed by atoms with van der Waals surface area (Å²) in [4.78, 5) is 54.3. The molecule has 0 amide bonds. The van der Waals surface area contributed by atoms with Crippen molar-refractivity contribution in [1.29, 1.82) is 0 Å². The molecule has 2 aliphatic rings. The van der Waals surface area contributed by atoms with Gasteiger partial charge in [0.15, 0.2) is 23.1 Å². The lowest BCUT2D eigenvalue weighted by atomic mass is 9.76. The van der Waals surface area contributed by atoms with Crippen LogP contribution in [0.5, 0.6) is 11.5 Å². The van der Waals surface area contributed by atoms with E-state index in [0.29, 0.717) is 6.42 Å². The lowest BCUT2D eigenvalue weighted by Gasteiger charge is -2.29. The van der Waals surface area contributed by atoms with Crippen molar-refractivity contribution in [3.8, 4) is 11.5 Å². The molecule has 8 nitrogen and oxygen atoms in total. The van der Waals surface area contributed by atoms with Crippen molar-refractivity contribution in [3.63, 3.8) is 0 Å². The number of ketones is 2. The van der Waals surface area contributed by atoms with Crippen LogP contribution < -0.4 is 9.47 Å². The third-order valence-corrected chi connectivity index (χ3v) is 7.37. The quantitative estimate of drug-likeness (QED) is 0.172. The lowest BCUT2D eigenvalue weighted by Crippen LogP contribution is -2.29. The maximum atomic E-state index is 14.1. The number of Topliss-reactive ketones (excluding diaryl/α,β-unsaturated/α-hetero) is 2. The second-order valence-electron chi connectivity index (χ2n) is 10.4. The minimum Gasteiger partial charge on any atom is -0.395 e.